The van der Waals surface area contributed by atoms with Crippen LogP contribution in [-0.2, 0) is 28.6 Å². The van der Waals surface area contributed by atoms with E-state index in [9.17, 15) is 14.4 Å². The van der Waals surface area contributed by atoms with Gasteiger partial charge in [0.25, 0.3) is 0 Å². The van der Waals surface area contributed by atoms with Crippen LogP contribution in [0.3, 0.4) is 0 Å². The summed E-state index contributed by atoms with van der Waals surface area (Å²) in [4.78, 5) is 38.3. The van der Waals surface area contributed by atoms with E-state index < -0.39 is 6.10 Å². The van der Waals surface area contributed by atoms with E-state index in [4.69, 9.17) is 14.2 Å². The molecule has 81 heavy (non-hydrogen) atoms. The van der Waals surface area contributed by atoms with E-state index in [1.165, 1.54) is 161 Å². The number of allylic oxidation sites excluding steroid dienone is 20. The lowest BCUT2D eigenvalue weighted by Crippen LogP contribution is -2.30. The maximum atomic E-state index is 12.9. The Morgan fingerprint density at radius 1 is 0.259 bits per heavy atom. The van der Waals surface area contributed by atoms with E-state index in [1.54, 1.807) is 0 Å². The van der Waals surface area contributed by atoms with Crippen molar-refractivity contribution in [2.75, 3.05) is 13.2 Å². The SMILES string of the molecule is CC/C=C\C/C=C\C/C=C\C/C=C\C/C=C\CCCC(=O)OC(COC(=O)CCCCC/C=C\C/C=C\C/C=C\CC)COC(=O)CCCCCCCCCCCCCCCCCCCCCCC/C=C\C/C=C\CCCCCCC. The molecule has 1 unspecified atom stereocenters. The lowest BCUT2D eigenvalue weighted by molar-refractivity contribution is -0.167. The molecule has 6 nitrogen and oxygen atoms in total. The lowest BCUT2D eigenvalue weighted by Gasteiger charge is -2.18. The van der Waals surface area contributed by atoms with Crippen molar-refractivity contribution in [1.29, 1.82) is 0 Å². The Labute approximate surface area is 501 Å². The molecule has 462 valence electrons. The summed E-state index contributed by atoms with van der Waals surface area (Å²) in [5.74, 6) is -0.994. The molecule has 0 saturated heterocycles. The third kappa shape index (κ3) is 66.5. The summed E-state index contributed by atoms with van der Waals surface area (Å²) in [6.45, 7) is 6.35. The van der Waals surface area contributed by atoms with Gasteiger partial charge in [0, 0.05) is 19.3 Å². The standard InChI is InChI=1S/C75H126O6/c1-4-7-10-13-16-19-22-25-27-29-30-31-32-33-34-35-36-37-38-39-40-41-42-43-44-46-47-50-53-56-59-62-65-68-74(77)80-71-72(70-79-73(76)67-64-61-58-55-52-49-24-21-18-15-12-9-6-3)81-75(78)69-66-63-60-57-54-51-48-45-28-26-23-20-17-14-11-8-5-2/h8-9,11-12,17-18,20-22,25-26,28-30,48-49,51-52,57,60,72H,4-7,10,13-16,19,23-24,27,31-47,50,53-56,58-59,61-71H2,1-3H3/b11-8-,12-9-,20-17-,21-18-,25-22-,28-26-,30-29-,51-48-,52-49-,60-57-. The molecule has 0 saturated carbocycles. The fourth-order valence-electron chi connectivity index (χ4n) is 9.41. The van der Waals surface area contributed by atoms with Crippen molar-refractivity contribution in [2.24, 2.45) is 0 Å². The van der Waals surface area contributed by atoms with E-state index in [-0.39, 0.29) is 37.5 Å². The molecular weight excluding hydrogens is 997 g/mol. The summed E-state index contributed by atoms with van der Waals surface area (Å²) in [6.07, 6.45) is 95.4. The van der Waals surface area contributed by atoms with Gasteiger partial charge in [0.1, 0.15) is 13.2 Å². The van der Waals surface area contributed by atoms with Crippen LogP contribution in [0.2, 0.25) is 0 Å². The molecule has 0 aliphatic heterocycles. The third-order valence-electron chi connectivity index (χ3n) is 14.4. The van der Waals surface area contributed by atoms with Crippen LogP contribution in [0.15, 0.2) is 122 Å². The monoisotopic (exact) mass is 1120 g/mol. The Balaban J connectivity index is 4.22. The van der Waals surface area contributed by atoms with Crippen LogP contribution >= 0.6 is 0 Å². The van der Waals surface area contributed by atoms with Crippen LogP contribution < -0.4 is 0 Å². The maximum absolute atomic E-state index is 12.9. The van der Waals surface area contributed by atoms with E-state index >= 15 is 0 Å². The second-order valence-electron chi connectivity index (χ2n) is 22.3. The molecule has 0 aliphatic carbocycles. The normalized spacial score (nSPS) is 12.9. The summed E-state index contributed by atoms with van der Waals surface area (Å²) < 4.78 is 16.8. The Bertz CT molecular complexity index is 1670. The highest BCUT2D eigenvalue weighted by molar-refractivity contribution is 5.71. The van der Waals surface area contributed by atoms with Crippen LogP contribution in [0.5, 0.6) is 0 Å². The number of rotatable bonds is 61. The molecular formula is C75H126O6. The lowest BCUT2D eigenvalue weighted by atomic mass is 10.0. The van der Waals surface area contributed by atoms with Gasteiger partial charge in [-0.15, -0.1) is 0 Å². The van der Waals surface area contributed by atoms with Crippen molar-refractivity contribution in [2.45, 2.75) is 322 Å². The van der Waals surface area contributed by atoms with Gasteiger partial charge in [-0.3, -0.25) is 14.4 Å². The molecule has 1 atom stereocenters. The van der Waals surface area contributed by atoms with Crippen LogP contribution in [0.4, 0.5) is 0 Å². The number of unbranched alkanes of at least 4 members (excludes halogenated alkanes) is 30. The summed E-state index contributed by atoms with van der Waals surface area (Å²) in [6, 6.07) is 0. The van der Waals surface area contributed by atoms with Gasteiger partial charge < -0.3 is 14.2 Å². The molecule has 0 aromatic carbocycles. The smallest absolute Gasteiger partial charge is 0.306 e. The fourth-order valence-corrected chi connectivity index (χ4v) is 9.41. The topological polar surface area (TPSA) is 78.9 Å². The average molecular weight is 1120 g/mol. The first-order valence-corrected chi connectivity index (χ1v) is 34.0. The highest BCUT2D eigenvalue weighted by atomic mass is 16.6. The van der Waals surface area contributed by atoms with Gasteiger partial charge in [0.15, 0.2) is 6.10 Å². The van der Waals surface area contributed by atoms with Crippen molar-refractivity contribution in [3.05, 3.63) is 122 Å². The Hall–Kier alpha value is -4.19. The molecule has 6 heteroatoms. The first-order valence-electron chi connectivity index (χ1n) is 34.0. The molecule has 0 aliphatic rings. The predicted molar refractivity (Wildman–Crippen MR) is 353 cm³/mol. The third-order valence-corrected chi connectivity index (χ3v) is 14.4. The average Bonchev–Trinajstić information content (AvgIpc) is 3.46. The van der Waals surface area contributed by atoms with Crippen molar-refractivity contribution in [1.82, 2.24) is 0 Å². The molecule has 0 bridgehead atoms. The van der Waals surface area contributed by atoms with Crippen molar-refractivity contribution in [3.63, 3.8) is 0 Å². The van der Waals surface area contributed by atoms with Gasteiger partial charge in [0.2, 0.25) is 0 Å². The number of hydrogen-bond donors (Lipinski definition) is 0. The Morgan fingerprint density at radius 3 is 0.802 bits per heavy atom. The van der Waals surface area contributed by atoms with Gasteiger partial charge in [-0.1, -0.05) is 296 Å². The van der Waals surface area contributed by atoms with Crippen molar-refractivity contribution in [3.8, 4) is 0 Å². The highest BCUT2D eigenvalue weighted by Gasteiger charge is 2.19. The molecule has 0 amide bonds. The first kappa shape index (κ1) is 76.8. The number of carbonyl (C=O) groups excluding carboxylic acids is 3. The molecule has 0 aromatic heterocycles. The van der Waals surface area contributed by atoms with Crippen LogP contribution in [0.1, 0.15) is 316 Å². The van der Waals surface area contributed by atoms with E-state index in [0.29, 0.717) is 19.3 Å². The van der Waals surface area contributed by atoms with Gasteiger partial charge in [-0.25, -0.2) is 0 Å². The van der Waals surface area contributed by atoms with E-state index in [1.807, 2.05) is 0 Å². The fraction of sp³-hybridized carbons (Fsp3) is 0.693. The molecule has 0 aromatic rings. The number of ether oxygens (including phenoxy) is 3. The molecule has 0 spiro atoms. The summed E-state index contributed by atoms with van der Waals surface area (Å²) in [7, 11) is 0. The van der Waals surface area contributed by atoms with Gasteiger partial charge in [-0.2, -0.15) is 0 Å². The number of hydrogen-bond acceptors (Lipinski definition) is 6. The first-order chi connectivity index (χ1) is 40.0. The predicted octanol–water partition coefficient (Wildman–Crippen LogP) is 23.6. The molecule has 0 heterocycles. The van der Waals surface area contributed by atoms with E-state index in [2.05, 4.69) is 142 Å². The van der Waals surface area contributed by atoms with Gasteiger partial charge in [0.05, 0.1) is 0 Å². The minimum atomic E-state index is -0.823. The Morgan fingerprint density at radius 2 is 0.494 bits per heavy atom. The molecule has 0 rings (SSSR count). The van der Waals surface area contributed by atoms with Crippen molar-refractivity contribution >= 4 is 17.9 Å². The zero-order chi connectivity index (χ0) is 58.5. The molecule has 0 fully saturated rings. The highest BCUT2D eigenvalue weighted by Crippen LogP contribution is 2.17. The van der Waals surface area contributed by atoms with Crippen LogP contribution in [-0.4, -0.2) is 37.2 Å². The minimum Gasteiger partial charge on any atom is -0.462 e. The zero-order valence-electron chi connectivity index (χ0n) is 53.0. The molecule has 0 radical (unpaired) electrons. The second-order valence-corrected chi connectivity index (χ2v) is 22.3. The summed E-state index contributed by atoms with van der Waals surface area (Å²) in [5, 5.41) is 0. The van der Waals surface area contributed by atoms with Crippen molar-refractivity contribution < 1.29 is 28.6 Å². The molecule has 0 N–H and O–H groups in total. The van der Waals surface area contributed by atoms with Gasteiger partial charge in [-0.05, 0) is 122 Å². The summed E-state index contributed by atoms with van der Waals surface area (Å²) >= 11 is 0. The van der Waals surface area contributed by atoms with Crippen LogP contribution in [0.25, 0.3) is 0 Å². The van der Waals surface area contributed by atoms with Crippen LogP contribution in [0, 0.1) is 0 Å². The largest absolute Gasteiger partial charge is 0.462 e. The summed E-state index contributed by atoms with van der Waals surface area (Å²) in [5.41, 5.74) is 0. The van der Waals surface area contributed by atoms with E-state index in [0.717, 1.165) is 109 Å². The maximum Gasteiger partial charge on any atom is 0.306 e. The second kappa shape index (κ2) is 68.3. The van der Waals surface area contributed by atoms with Gasteiger partial charge >= 0.3 is 17.9 Å². The minimum absolute atomic E-state index is 0.110. The Kier molecular flexibility index (Phi) is 64.8. The number of carbonyl (C=O) groups is 3. The quantitative estimate of drug-likeness (QED) is 0.0261. The zero-order valence-corrected chi connectivity index (χ0v) is 53.0. The number of esters is 3.